The van der Waals surface area contributed by atoms with Crippen LogP contribution in [0.4, 0.5) is 5.69 Å². The molecule has 138 valence electrons. The Morgan fingerprint density at radius 2 is 1.93 bits per heavy atom. The van der Waals surface area contributed by atoms with Gasteiger partial charge in [-0.1, -0.05) is 0 Å². The van der Waals surface area contributed by atoms with Gasteiger partial charge in [-0.2, -0.15) is 0 Å². The van der Waals surface area contributed by atoms with Crippen LogP contribution in [0.25, 0.3) is 5.82 Å². The summed E-state index contributed by atoms with van der Waals surface area (Å²) < 4.78 is 7.61. The van der Waals surface area contributed by atoms with Crippen LogP contribution in [0.15, 0.2) is 42.7 Å². The molecule has 7 nitrogen and oxygen atoms in total. The predicted molar refractivity (Wildman–Crippen MR) is 101 cm³/mol. The van der Waals surface area contributed by atoms with Crippen LogP contribution in [0.1, 0.15) is 30.7 Å². The summed E-state index contributed by atoms with van der Waals surface area (Å²) in [6.07, 6.45) is 4.67. The van der Waals surface area contributed by atoms with Crippen molar-refractivity contribution in [1.29, 1.82) is 0 Å². The van der Waals surface area contributed by atoms with Gasteiger partial charge >= 0.3 is 0 Å². The molecule has 1 fully saturated rings. The Hall–Kier alpha value is -3.22. The van der Waals surface area contributed by atoms with Crippen LogP contribution in [0.3, 0.4) is 0 Å². The first kappa shape index (κ1) is 17.2. The van der Waals surface area contributed by atoms with Gasteiger partial charge < -0.3 is 10.1 Å². The Kier molecular flexibility index (Phi) is 4.58. The Balaban J connectivity index is 1.38. The summed E-state index contributed by atoms with van der Waals surface area (Å²) in [5.74, 6) is 2.36. The average molecular weight is 363 g/mol. The fourth-order valence-corrected chi connectivity index (χ4v) is 2.75. The number of aryl methyl sites for hydroxylation is 1. The SMILES string of the molecule is Cc1ncn(-c2ccc(Oc3ccc(NC(=O)CC4CC4)cc3)nn2)c1C. The number of hydrogen-bond acceptors (Lipinski definition) is 5. The standard InChI is InChI=1S/C20H21N5O2/c1-13-14(2)25(12-21-13)18-9-10-20(24-23-18)27-17-7-5-16(6-8-17)22-19(26)11-15-3-4-15/h5-10,12,15H,3-4,11H2,1-2H3,(H,22,26). The highest BCUT2D eigenvalue weighted by Gasteiger charge is 2.24. The summed E-state index contributed by atoms with van der Waals surface area (Å²) >= 11 is 0. The molecular weight excluding hydrogens is 342 g/mol. The molecule has 7 heteroatoms. The zero-order valence-corrected chi connectivity index (χ0v) is 15.3. The molecule has 1 aromatic carbocycles. The number of aromatic nitrogens is 4. The molecule has 3 aromatic rings. The molecule has 0 saturated heterocycles. The van der Waals surface area contributed by atoms with Crippen molar-refractivity contribution in [2.45, 2.75) is 33.1 Å². The van der Waals surface area contributed by atoms with Crippen LogP contribution in [0.5, 0.6) is 11.6 Å². The minimum absolute atomic E-state index is 0.0673. The van der Waals surface area contributed by atoms with Crippen molar-refractivity contribution in [3.63, 3.8) is 0 Å². The zero-order valence-electron chi connectivity index (χ0n) is 15.3. The lowest BCUT2D eigenvalue weighted by atomic mass is 10.2. The van der Waals surface area contributed by atoms with E-state index < -0.39 is 0 Å². The van der Waals surface area contributed by atoms with E-state index in [1.165, 1.54) is 12.8 Å². The zero-order chi connectivity index (χ0) is 18.8. The Labute approximate surface area is 157 Å². The maximum atomic E-state index is 11.8. The maximum Gasteiger partial charge on any atom is 0.238 e. The summed E-state index contributed by atoms with van der Waals surface area (Å²) in [5, 5.41) is 11.2. The number of nitrogens with zero attached hydrogens (tertiary/aromatic N) is 4. The summed E-state index contributed by atoms with van der Waals surface area (Å²) in [7, 11) is 0. The smallest absolute Gasteiger partial charge is 0.238 e. The number of carbonyl (C=O) groups is 1. The van der Waals surface area contributed by atoms with Crippen molar-refractivity contribution in [2.24, 2.45) is 5.92 Å². The molecule has 2 heterocycles. The molecule has 1 aliphatic carbocycles. The molecule has 1 N–H and O–H groups in total. The van der Waals surface area contributed by atoms with Crippen LogP contribution in [0.2, 0.25) is 0 Å². The number of benzene rings is 1. The lowest BCUT2D eigenvalue weighted by Crippen LogP contribution is -2.11. The molecule has 0 radical (unpaired) electrons. The summed E-state index contributed by atoms with van der Waals surface area (Å²) in [6.45, 7) is 3.94. The van der Waals surface area contributed by atoms with Crippen LogP contribution < -0.4 is 10.1 Å². The fourth-order valence-electron chi connectivity index (χ4n) is 2.75. The molecule has 0 spiro atoms. The second-order valence-electron chi connectivity index (χ2n) is 6.84. The molecule has 1 aliphatic rings. The average Bonchev–Trinajstić information content (AvgIpc) is 3.42. The van der Waals surface area contributed by atoms with E-state index in [0.29, 0.717) is 29.8 Å². The molecule has 0 unspecified atom stereocenters. The van der Waals surface area contributed by atoms with Crippen LogP contribution in [-0.4, -0.2) is 25.7 Å². The topological polar surface area (TPSA) is 81.9 Å². The Morgan fingerprint density at radius 3 is 2.52 bits per heavy atom. The molecule has 0 aliphatic heterocycles. The third-order valence-electron chi connectivity index (χ3n) is 4.66. The van der Waals surface area contributed by atoms with Crippen molar-refractivity contribution in [1.82, 2.24) is 19.7 Å². The van der Waals surface area contributed by atoms with E-state index in [0.717, 1.165) is 17.1 Å². The van der Waals surface area contributed by atoms with Crippen molar-refractivity contribution >= 4 is 11.6 Å². The Bertz CT molecular complexity index is 944. The highest BCUT2D eigenvalue weighted by molar-refractivity contribution is 5.91. The number of hydrogen-bond donors (Lipinski definition) is 1. The highest BCUT2D eigenvalue weighted by atomic mass is 16.5. The number of imidazole rings is 1. The third-order valence-corrected chi connectivity index (χ3v) is 4.66. The van der Waals surface area contributed by atoms with Crippen LogP contribution >= 0.6 is 0 Å². The largest absolute Gasteiger partial charge is 0.438 e. The molecule has 0 bridgehead atoms. The second kappa shape index (κ2) is 7.19. The van der Waals surface area contributed by atoms with E-state index in [9.17, 15) is 4.79 Å². The number of rotatable bonds is 6. The van der Waals surface area contributed by atoms with Gasteiger partial charge in [0.25, 0.3) is 0 Å². The molecule has 1 saturated carbocycles. The Morgan fingerprint density at radius 1 is 1.15 bits per heavy atom. The van der Waals surface area contributed by atoms with Crippen molar-refractivity contribution < 1.29 is 9.53 Å². The van der Waals surface area contributed by atoms with Gasteiger partial charge in [0.1, 0.15) is 12.1 Å². The van der Waals surface area contributed by atoms with E-state index >= 15 is 0 Å². The molecule has 2 aromatic heterocycles. The molecule has 0 atom stereocenters. The minimum Gasteiger partial charge on any atom is -0.438 e. The molecule has 1 amide bonds. The predicted octanol–water partition coefficient (Wildman–Crippen LogP) is 3.81. The van der Waals surface area contributed by atoms with Gasteiger partial charge in [0.05, 0.1) is 5.69 Å². The van der Waals surface area contributed by atoms with Gasteiger partial charge in [-0.15, -0.1) is 10.2 Å². The first-order valence-corrected chi connectivity index (χ1v) is 9.01. The number of nitrogens with one attached hydrogen (secondary N) is 1. The van der Waals surface area contributed by atoms with Crippen molar-refractivity contribution in [3.05, 3.63) is 54.1 Å². The van der Waals surface area contributed by atoms with Crippen molar-refractivity contribution in [3.8, 4) is 17.4 Å². The molecule has 4 rings (SSSR count). The summed E-state index contributed by atoms with van der Waals surface area (Å²) in [5.41, 5.74) is 2.75. The van der Waals surface area contributed by atoms with Gasteiger partial charge in [0.15, 0.2) is 5.82 Å². The van der Waals surface area contributed by atoms with E-state index in [1.54, 1.807) is 24.5 Å². The van der Waals surface area contributed by atoms with Crippen LogP contribution in [0, 0.1) is 19.8 Å². The van der Waals surface area contributed by atoms with Gasteiger partial charge in [0, 0.05) is 23.9 Å². The third kappa shape index (κ3) is 4.13. The van der Waals surface area contributed by atoms with E-state index in [2.05, 4.69) is 20.5 Å². The number of ether oxygens (including phenoxy) is 1. The van der Waals surface area contributed by atoms with E-state index in [-0.39, 0.29) is 5.91 Å². The number of anilines is 1. The maximum absolute atomic E-state index is 11.8. The van der Waals surface area contributed by atoms with Gasteiger partial charge in [0.2, 0.25) is 11.8 Å². The van der Waals surface area contributed by atoms with Crippen LogP contribution in [-0.2, 0) is 4.79 Å². The highest BCUT2D eigenvalue weighted by Crippen LogP contribution is 2.32. The van der Waals surface area contributed by atoms with Crippen molar-refractivity contribution in [2.75, 3.05) is 5.32 Å². The lowest BCUT2D eigenvalue weighted by molar-refractivity contribution is -0.116. The van der Waals surface area contributed by atoms with Gasteiger partial charge in [-0.05, 0) is 62.9 Å². The first-order chi connectivity index (χ1) is 13.1. The second-order valence-corrected chi connectivity index (χ2v) is 6.84. The number of amides is 1. The first-order valence-electron chi connectivity index (χ1n) is 9.01. The normalized spacial score (nSPS) is 13.4. The minimum atomic E-state index is 0.0673. The van der Waals surface area contributed by atoms with E-state index in [1.807, 2.05) is 36.6 Å². The quantitative estimate of drug-likeness (QED) is 0.720. The van der Waals surface area contributed by atoms with E-state index in [4.69, 9.17) is 4.74 Å². The van der Waals surface area contributed by atoms with Gasteiger partial charge in [-0.25, -0.2) is 4.98 Å². The molecule has 27 heavy (non-hydrogen) atoms. The molecular formula is C20H21N5O2. The number of carbonyl (C=O) groups excluding carboxylic acids is 1. The fraction of sp³-hybridized carbons (Fsp3) is 0.300. The van der Waals surface area contributed by atoms with Gasteiger partial charge in [-0.3, -0.25) is 9.36 Å². The summed E-state index contributed by atoms with van der Waals surface area (Å²) in [4.78, 5) is 16.1. The monoisotopic (exact) mass is 363 g/mol. The lowest BCUT2D eigenvalue weighted by Gasteiger charge is -2.08. The summed E-state index contributed by atoms with van der Waals surface area (Å²) in [6, 6.07) is 10.8.